The second-order valence-electron chi connectivity index (χ2n) is 3.87. The zero-order valence-electron chi connectivity index (χ0n) is 9.43. The van der Waals surface area contributed by atoms with Gasteiger partial charge in [0.05, 0.1) is 12.3 Å². The van der Waals surface area contributed by atoms with Crippen LogP contribution in [-0.2, 0) is 6.54 Å². The molecule has 0 spiro atoms. The van der Waals surface area contributed by atoms with Crippen LogP contribution in [0, 0.1) is 0 Å². The van der Waals surface area contributed by atoms with E-state index in [1.165, 1.54) is 0 Å². The zero-order chi connectivity index (χ0) is 11.4. The summed E-state index contributed by atoms with van der Waals surface area (Å²) in [4.78, 5) is 4.47. The van der Waals surface area contributed by atoms with Crippen molar-refractivity contribution in [1.82, 2.24) is 14.7 Å². The molecule has 2 heterocycles. The molecule has 0 aliphatic carbocycles. The van der Waals surface area contributed by atoms with Gasteiger partial charge in [-0.1, -0.05) is 13.0 Å². The lowest BCUT2D eigenvalue weighted by Crippen LogP contribution is -2.31. The van der Waals surface area contributed by atoms with Crippen molar-refractivity contribution >= 4 is 5.65 Å². The van der Waals surface area contributed by atoms with Crippen LogP contribution < -0.4 is 5.32 Å². The predicted octanol–water partition coefficient (Wildman–Crippen LogP) is 1.19. The van der Waals surface area contributed by atoms with Gasteiger partial charge in [0, 0.05) is 25.0 Å². The summed E-state index contributed by atoms with van der Waals surface area (Å²) in [5, 5.41) is 12.3. The molecule has 0 unspecified atom stereocenters. The molecule has 0 amide bonds. The van der Waals surface area contributed by atoms with Crippen molar-refractivity contribution in [3.05, 3.63) is 36.3 Å². The molecule has 0 fully saturated rings. The van der Waals surface area contributed by atoms with E-state index in [9.17, 15) is 0 Å². The number of hydrogen-bond acceptors (Lipinski definition) is 3. The monoisotopic (exact) mass is 219 g/mol. The topological polar surface area (TPSA) is 49.6 Å². The van der Waals surface area contributed by atoms with Crippen molar-refractivity contribution in [2.24, 2.45) is 0 Å². The number of imidazole rings is 1. The second kappa shape index (κ2) is 5.09. The minimum atomic E-state index is 0.157. The average Bonchev–Trinajstić information content (AvgIpc) is 2.73. The summed E-state index contributed by atoms with van der Waals surface area (Å²) in [6, 6.07) is 6.09. The smallest absolute Gasteiger partial charge is 0.137 e. The molecule has 86 valence electrons. The molecule has 2 aromatic heterocycles. The molecule has 0 saturated heterocycles. The van der Waals surface area contributed by atoms with Crippen LogP contribution in [-0.4, -0.2) is 27.1 Å². The van der Waals surface area contributed by atoms with Crippen molar-refractivity contribution in [3.63, 3.8) is 0 Å². The van der Waals surface area contributed by atoms with Gasteiger partial charge in [0.1, 0.15) is 5.65 Å². The molecule has 1 atom stereocenters. The Labute approximate surface area is 94.9 Å². The van der Waals surface area contributed by atoms with E-state index in [-0.39, 0.29) is 12.6 Å². The number of rotatable bonds is 5. The molecule has 2 rings (SSSR count). The molecular weight excluding hydrogens is 202 g/mol. The number of nitrogens with one attached hydrogen (secondary N) is 1. The number of nitrogens with zero attached hydrogens (tertiary/aromatic N) is 2. The first-order valence-corrected chi connectivity index (χ1v) is 5.60. The fourth-order valence-corrected chi connectivity index (χ4v) is 1.66. The van der Waals surface area contributed by atoms with E-state index >= 15 is 0 Å². The van der Waals surface area contributed by atoms with Crippen LogP contribution in [0.3, 0.4) is 0 Å². The van der Waals surface area contributed by atoms with Crippen LogP contribution in [0.2, 0.25) is 0 Å². The van der Waals surface area contributed by atoms with Crippen molar-refractivity contribution in [1.29, 1.82) is 0 Å². The molecule has 2 aromatic rings. The van der Waals surface area contributed by atoms with Crippen LogP contribution in [0.15, 0.2) is 30.6 Å². The van der Waals surface area contributed by atoms with Crippen LogP contribution in [0.1, 0.15) is 19.0 Å². The quantitative estimate of drug-likeness (QED) is 0.794. The highest BCUT2D eigenvalue weighted by Gasteiger charge is 2.05. The van der Waals surface area contributed by atoms with Gasteiger partial charge in [0.15, 0.2) is 0 Å². The molecule has 0 bridgehead atoms. The fourth-order valence-electron chi connectivity index (χ4n) is 1.66. The summed E-state index contributed by atoms with van der Waals surface area (Å²) in [6.07, 6.45) is 4.91. The molecule has 4 nitrogen and oxygen atoms in total. The number of hydrogen-bond donors (Lipinski definition) is 2. The Morgan fingerprint density at radius 1 is 1.50 bits per heavy atom. The summed E-state index contributed by atoms with van der Waals surface area (Å²) < 4.78 is 2.00. The second-order valence-corrected chi connectivity index (χ2v) is 3.87. The van der Waals surface area contributed by atoms with E-state index in [1.54, 1.807) is 0 Å². The van der Waals surface area contributed by atoms with Crippen molar-refractivity contribution in [2.75, 3.05) is 6.61 Å². The van der Waals surface area contributed by atoms with Gasteiger partial charge in [0.25, 0.3) is 0 Å². The number of aromatic nitrogens is 2. The summed E-state index contributed by atoms with van der Waals surface area (Å²) in [7, 11) is 0. The normalized spacial score (nSPS) is 13.1. The Hall–Kier alpha value is -1.39. The lowest BCUT2D eigenvalue weighted by Gasteiger charge is -2.12. The SMILES string of the molecule is CC[C@H](CO)NCc1cn2ccccc2n1. The van der Waals surface area contributed by atoms with Gasteiger partial charge < -0.3 is 14.8 Å². The fraction of sp³-hybridized carbons (Fsp3) is 0.417. The van der Waals surface area contributed by atoms with Gasteiger partial charge in [0.2, 0.25) is 0 Å². The van der Waals surface area contributed by atoms with Crippen LogP contribution in [0.4, 0.5) is 0 Å². The predicted molar refractivity (Wildman–Crippen MR) is 63.2 cm³/mol. The summed E-state index contributed by atoms with van der Waals surface area (Å²) >= 11 is 0. The zero-order valence-corrected chi connectivity index (χ0v) is 9.43. The summed E-state index contributed by atoms with van der Waals surface area (Å²) in [5.41, 5.74) is 1.95. The molecule has 0 aliphatic heterocycles. The maximum Gasteiger partial charge on any atom is 0.137 e. The first kappa shape index (κ1) is 11.1. The van der Waals surface area contributed by atoms with Crippen LogP contribution in [0.5, 0.6) is 0 Å². The van der Waals surface area contributed by atoms with Crippen LogP contribution >= 0.6 is 0 Å². The van der Waals surface area contributed by atoms with Crippen molar-refractivity contribution in [2.45, 2.75) is 25.9 Å². The molecule has 0 aliphatic rings. The highest BCUT2D eigenvalue weighted by atomic mass is 16.3. The van der Waals surface area contributed by atoms with E-state index in [0.29, 0.717) is 6.54 Å². The summed E-state index contributed by atoms with van der Waals surface area (Å²) in [6.45, 7) is 2.92. The van der Waals surface area contributed by atoms with E-state index in [1.807, 2.05) is 35.0 Å². The largest absolute Gasteiger partial charge is 0.395 e. The maximum absolute atomic E-state index is 9.06. The van der Waals surface area contributed by atoms with Gasteiger partial charge in [-0.2, -0.15) is 0 Å². The van der Waals surface area contributed by atoms with E-state index < -0.39 is 0 Å². The summed E-state index contributed by atoms with van der Waals surface area (Å²) in [5.74, 6) is 0. The lowest BCUT2D eigenvalue weighted by atomic mass is 10.2. The van der Waals surface area contributed by atoms with Gasteiger partial charge in [-0.25, -0.2) is 4.98 Å². The highest BCUT2D eigenvalue weighted by Crippen LogP contribution is 2.04. The third-order valence-electron chi connectivity index (χ3n) is 2.70. The number of pyridine rings is 1. The van der Waals surface area contributed by atoms with Crippen molar-refractivity contribution < 1.29 is 5.11 Å². The number of aliphatic hydroxyl groups is 1. The molecule has 0 radical (unpaired) electrons. The highest BCUT2D eigenvalue weighted by molar-refractivity contribution is 5.39. The Morgan fingerprint density at radius 3 is 3.06 bits per heavy atom. The van der Waals surface area contributed by atoms with E-state index in [4.69, 9.17) is 5.11 Å². The average molecular weight is 219 g/mol. The Balaban J connectivity index is 2.04. The van der Waals surface area contributed by atoms with Crippen LogP contribution in [0.25, 0.3) is 5.65 Å². The van der Waals surface area contributed by atoms with Gasteiger partial charge >= 0.3 is 0 Å². The minimum absolute atomic E-state index is 0.157. The Kier molecular flexibility index (Phi) is 3.54. The van der Waals surface area contributed by atoms with Crippen molar-refractivity contribution in [3.8, 4) is 0 Å². The Morgan fingerprint density at radius 2 is 2.38 bits per heavy atom. The lowest BCUT2D eigenvalue weighted by molar-refractivity contribution is 0.238. The van der Waals surface area contributed by atoms with Gasteiger partial charge in [-0.3, -0.25) is 0 Å². The molecule has 16 heavy (non-hydrogen) atoms. The number of aliphatic hydroxyl groups excluding tert-OH is 1. The molecule has 2 N–H and O–H groups in total. The third kappa shape index (κ3) is 2.40. The maximum atomic E-state index is 9.06. The van der Waals surface area contributed by atoms with E-state index in [2.05, 4.69) is 17.2 Å². The molecule has 4 heteroatoms. The first-order chi connectivity index (χ1) is 7.83. The number of fused-ring (bicyclic) bond motifs is 1. The molecule has 0 saturated carbocycles. The standard InChI is InChI=1S/C12H17N3O/c1-2-10(9-16)13-7-11-8-15-6-4-3-5-12(15)14-11/h3-6,8,10,13,16H,2,7,9H2,1H3/t10-/m1/s1. The Bertz CT molecular complexity index is 415. The van der Waals surface area contributed by atoms with Gasteiger partial charge in [-0.05, 0) is 18.6 Å². The van der Waals surface area contributed by atoms with Gasteiger partial charge in [-0.15, -0.1) is 0 Å². The first-order valence-electron chi connectivity index (χ1n) is 5.60. The third-order valence-corrected chi connectivity index (χ3v) is 2.70. The minimum Gasteiger partial charge on any atom is -0.395 e. The van der Waals surface area contributed by atoms with E-state index in [0.717, 1.165) is 17.8 Å². The molecule has 0 aromatic carbocycles. The molecular formula is C12H17N3O.